The average Bonchev–Trinajstić information content (AvgIpc) is 2.35. The van der Waals surface area contributed by atoms with E-state index in [2.05, 4.69) is 5.32 Å². The van der Waals surface area contributed by atoms with Crippen molar-refractivity contribution >= 4 is 24.3 Å². The van der Waals surface area contributed by atoms with Crippen LogP contribution in [-0.4, -0.2) is 31.6 Å². The molecule has 100 valence electrons. The summed E-state index contributed by atoms with van der Waals surface area (Å²) in [5.74, 6) is -0.480. The van der Waals surface area contributed by atoms with Crippen LogP contribution < -0.4 is 11.1 Å². The zero-order valence-electron chi connectivity index (χ0n) is 10.1. The third-order valence-electron chi connectivity index (χ3n) is 3.08. The van der Waals surface area contributed by atoms with Crippen molar-refractivity contribution in [2.75, 3.05) is 13.7 Å². The molecular formula is C11H21ClN2O3. The van der Waals surface area contributed by atoms with E-state index in [1.165, 1.54) is 13.5 Å². The SMILES string of the molecule is COC(=O)C(NC(=O)CN)C1CCCCC1.Cl. The Bertz CT molecular complexity index is 255. The molecule has 1 aliphatic carbocycles. The van der Waals surface area contributed by atoms with Crippen LogP contribution in [0.1, 0.15) is 32.1 Å². The molecule has 0 aliphatic heterocycles. The lowest BCUT2D eigenvalue weighted by atomic mass is 9.84. The average molecular weight is 265 g/mol. The highest BCUT2D eigenvalue weighted by Crippen LogP contribution is 2.26. The summed E-state index contributed by atoms with van der Waals surface area (Å²) in [5, 5.41) is 2.65. The molecule has 0 spiro atoms. The van der Waals surface area contributed by atoms with Crippen molar-refractivity contribution in [1.29, 1.82) is 0 Å². The number of amides is 1. The van der Waals surface area contributed by atoms with E-state index in [1.807, 2.05) is 0 Å². The molecule has 1 atom stereocenters. The van der Waals surface area contributed by atoms with E-state index < -0.39 is 6.04 Å². The minimum absolute atomic E-state index is 0. The first-order valence-electron chi connectivity index (χ1n) is 5.76. The predicted octanol–water partition coefficient (Wildman–Crippen LogP) is 0.605. The van der Waals surface area contributed by atoms with Gasteiger partial charge in [0.05, 0.1) is 13.7 Å². The Kier molecular flexibility index (Phi) is 7.91. The van der Waals surface area contributed by atoms with Crippen LogP contribution in [0, 0.1) is 5.92 Å². The van der Waals surface area contributed by atoms with Gasteiger partial charge in [-0.15, -0.1) is 12.4 Å². The van der Waals surface area contributed by atoms with Crippen molar-refractivity contribution in [3.8, 4) is 0 Å². The zero-order valence-corrected chi connectivity index (χ0v) is 10.9. The molecule has 0 heterocycles. The number of nitrogens with one attached hydrogen (secondary N) is 1. The first-order chi connectivity index (χ1) is 7.69. The lowest BCUT2D eigenvalue weighted by Gasteiger charge is -2.28. The van der Waals surface area contributed by atoms with Gasteiger partial charge >= 0.3 is 5.97 Å². The summed E-state index contributed by atoms with van der Waals surface area (Å²) < 4.78 is 4.72. The molecule has 6 heteroatoms. The van der Waals surface area contributed by atoms with Crippen molar-refractivity contribution in [1.82, 2.24) is 5.32 Å². The molecule has 0 aromatic carbocycles. The molecule has 0 bridgehead atoms. The van der Waals surface area contributed by atoms with Crippen LogP contribution in [0.5, 0.6) is 0 Å². The number of methoxy groups -OCH3 is 1. The summed E-state index contributed by atoms with van der Waals surface area (Å²) in [6, 6.07) is -0.527. The molecule has 0 aromatic heterocycles. The molecule has 1 rings (SSSR count). The number of halogens is 1. The molecule has 1 aliphatic rings. The molecule has 1 fully saturated rings. The van der Waals surface area contributed by atoms with Crippen LogP contribution >= 0.6 is 12.4 Å². The molecule has 3 N–H and O–H groups in total. The maximum atomic E-state index is 11.6. The smallest absolute Gasteiger partial charge is 0.328 e. The van der Waals surface area contributed by atoms with Crippen molar-refractivity contribution < 1.29 is 14.3 Å². The fourth-order valence-corrected chi connectivity index (χ4v) is 2.20. The summed E-state index contributed by atoms with van der Waals surface area (Å²) in [6.07, 6.45) is 5.35. The normalized spacial score (nSPS) is 17.8. The number of esters is 1. The number of carbonyl (C=O) groups is 2. The van der Waals surface area contributed by atoms with E-state index in [-0.39, 0.29) is 36.7 Å². The molecule has 5 nitrogen and oxygen atoms in total. The fourth-order valence-electron chi connectivity index (χ4n) is 2.20. The van der Waals surface area contributed by atoms with Gasteiger partial charge in [0.25, 0.3) is 0 Å². The van der Waals surface area contributed by atoms with E-state index in [9.17, 15) is 9.59 Å². The topological polar surface area (TPSA) is 81.4 Å². The van der Waals surface area contributed by atoms with E-state index in [1.54, 1.807) is 0 Å². The lowest BCUT2D eigenvalue weighted by molar-refractivity contribution is -0.147. The first kappa shape index (κ1) is 16.2. The molecule has 17 heavy (non-hydrogen) atoms. The van der Waals surface area contributed by atoms with Gasteiger partial charge in [0, 0.05) is 0 Å². The van der Waals surface area contributed by atoms with Gasteiger partial charge in [-0.25, -0.2) is 4.79 Å². The number of rotatable bonds is 4. The summed E-state index contributed by atoms with van der Waals surface area (Å²) in [5.41, 5.74) is 5.23. The summed E-state index contributed by atoms with van der Waals surface area (Å²) in [7, 11) is 1.34. The zero-order chi connectivity index (χ0) is 12.0. The fraction of sp³-hybridized carbons (Fsp3) is 0.818. The van der Waals surface area contributed by atoms with E-state index in [0.717, 1.165) is 25.7 Å². The first-order valence-corrected chi connectivity index (χ1v) is 5.76. The Morgan fingerprint density at radius 1 is 1.35 bits per heavy atom. The van der Waals surface area contributed by atoms with Gasteiger partial charge in [0.2, 0.25) is 5.91 Å². The molecule has 0 aromatic rings. The summed E-state index contributed by atoms with van der Waals surface area (Å²) >= 11 is 0. The summed E-state index contributed by atoms with van der Waals surface area (Å²) in [6.45, 7) is -0.0970. The number of hydrogen-bond acceptors (Lipinski definition) is 4. The van der Waals surface area contributed by atoms with Crippen LogP contribution in [0.4, 0.5) is 0 Å². The second kappa shape index (κ2) is 8.31. The third-order valence-corrected chi connectivity index (χ3v) is 3.08. The van der Waals surface area contributed by atoms with Crippen molar-refractivity contribution in [2.24, 2.45) is 11.7 Å². The van der Waals surface area contributed by atoms with E-state index in [0.29, 0.717) is 0 Å². The minimum atomic E-state index is -0.527. The van der Waals surface area contributed by atoms with Gasteiger partial charge in [-0.1, -0.05) is 19.3 Å². The van der Waals surface area contributed by atoms with Crippen LogP contribution in [0.2, 0.25) is 0 Å². The van der Waals surface area contributed by atoms with Crippen molar-refractivity contribution in [3.05, 3.63) is 0 Å². The highest BCUT2D eigenvalue weighted by Gasteiger charge is 2.31. The maximum absolute atomic E-state index is 11.6. The Balaban J connectivity index is 0.00000256. The van der Waals surface area contributed by atoms with Gasteiger partial charge in [-0.2, -0.15) is 0 Å². The monoisotopic (exact) mass is 264 g/mol. The Morgan fingerprint density at radius 3 is 2.41 bits per heavy atom. The predicted molar refractivity (Wildman–Crippen MR) is 66.8 cm³/mol. The molecular weight excluding hydrogens is 244 g/mol. The molecule has 1 amide bonds. The Hall–Kier alpha value is -0.810. The van der Waals surface area contributed by atoms with Crippen molar-refractivity contribution in [3.63, 3.8) is 0 Å². The molecule has 1 saturated carbocycles. The van der Waals surface area contributed by atoms with Crippen LogP contribution in [0.3, 0.4) is 0 Å². The van der Waals surface area contributed by atoms with Crippen LogP contribution in [0.25, 0.3) is 0 Å². The number of ether oxygens (including phenoxy) is 1. The quantitative estimate of drug-likeness (QED) is 0.729. The van der Waals surface area contributed by atoms with E-state index >= 15 is 0 Å². The minimum Gasteiger partial charge on any atom is -0.467 e. The van der Waals surface area contributed by atoms with E-state index in [4.69, 9.17) is 10.5 Å². The van der Waals surface area contributed by atoms with Gasteiger partial charge < -0.3 is 15.8 Å². The lowest BCUT2D eigenvalue weighted by Crippen LogP contribution is -2.48. The molecule has 0 radical (unpaired) electrons. The van der Waals surface area contributed by atoms with Gasteiger partial charge in [0.1, 0.15) is 6.04 Å². The van der Waals surface area contributed by atoms with Gasteiger partial charge in [-0.05, 0) is 18.8 Å². The molecule has 1 unspecified atom stereocenters. The number of hydrogen-bond donors (Lipinski definition) is 2. The van der Waals surface area contributed by atoms with Gasteiger partial charge in [-0.3, -0.25) is 4.79 Å². The number of carbonyl (C=O) groups excluding carboxylic acids is 2. The Labute approximate surface area is 108 Å². The molecule has 0 saturated heterocycles. The largest absolute Gasteiger partial charge is 0.467 e. The number of nitrogens with two attached hydrogens (primary N) is 1. The summed E-state index contributed by atoms with van der Waals surface area (Å²) in [4.78, 5) is 22.8. The highest BCUT2D eigenvalue weighted by molar-refractivity contribution is 5.85. The highest BCUT2D eigenvalue weighted by atomic mass is 35.5. The van der Waals surface area contributed by atoms with Crippen LogP contribution in [0.15, 0.2) is 0 Å². The Morgan fingerprint density at radius 2 is 1.94 bits per heavy atom. The second-order valence-electron chi connectivity index (χ2n) is 4.17. The van der Waals surface area contributed by atoms with Gasteiger partial charge in [0.15, 0.2) is 0 Å². The standard InChI is InChI=1S/C11H20N2O3.ClH/c1-16-11(15)10(13-9(14)7-12)8-5-3-2-4-6-8;/h8,10H,2-7,12H2,1H3,(H,13,14);1H. The second-order valence-corrected chi connectivity index (χ2v) is 4.17. The third kappa shape index (κ3) is 4.91. The van der Waals surface area contributed by atoms with Crippen LogP contribution in [-0.2, 0) is 14.3 Å². The van der Waals surface area contributed by atoms with Crippen molar-refractivity contribution in [2.45, 2.75) is 38.1 Å². The maximum Gasteiger partial charge on any atom is 0.328 e.